The first-order valence-electron chi connectivity index (χ1n) is 8.55. The molecule has 28 heavy (non-hydrogen) atoms. The Morgan fingerprint density at radius 1 is 1.18 bits per heavy atom. The number of fused-ring (bicyclic) bond motifs is 1. The van der Waals surface area contributed by atoms with Gasteiger partial charge in [0.25, 0.3) is 15.8 Å². The third-order valence-electron chi connectivity index (χ3n) is 4.21. The lowest BCUT2D eigenvalue weighted by Crippen LogP contribution is -2.31. The molecule has 4 rings (SSSR count). The van der Waals surface area contributed by atoms with Gasteiger partial charge in [0, 0.05) is 31.8 Å². The van der Waals surface area contributed by atoms with Gasteiger partial charge in [-0.15, -0.1) is 11.3 Å². The molecule has 1 N–H and O–H groups in total. The van der Waals surface area contributed by atoms with E-state index >= 15 is 0 Å². The van der Waals surface area contributed by atoms with Crippen LogP contribution in [0.15, 0.2) is 64.4 Å². The van der Waals surface area contributed by atoms with Crippen LogP contribution in [0.2, 0.25) is 0 Å². The van der Waals surface area contributed by atoms with Gasteiger partial charge in [0.1, 0.15) is 16.4 Å². The largest absolute Gasteiger partial charge is 0.369 e. The fraction of sp³-hybridized carbons (Fsp3) is 0.167. The van der Waals surface area contributed by atoms with Gasteiger partial charge in [0.05, 0.1) is 5.69 Å². The number of anilines is 1. The van der Waals surface area contributed by atoms with Gasteiger partial charge in [-0.05, 0) is 11.4 Å². The zero-order chi connectivity index (χ0) is 19.6. The van der Waals surface area contributed by atoms with E-state index in [4.69, 9.17) is 0 Å². The molecule has 0 radical (unpaired) electrons. The summed E-state index contributed by atoms with van der Waals surface area (Å²) in [6.07, 6.45) is 1.44. The minimum Gasteiger partial charge on any atom is -0.369 e. The van der Waals surface area contributed by atoms with Crippen LogP contribution >= 0.6 is 11.3 Å². The fourth-order valence-corrected chi connectivity index (χ4v) is 5.09. The summed E-state index contributed by atoms with van der Waals surface area (Å²) in [6.45, 7) is 0.716. The van der Waals surface area contributed by atoms with Crippen LogP contribution in [0.4, 0.5) is 5.82 Å². The van der Waals surface area contributed by atoms with Gasteiger partial charge < -0.3 is 5.32 Å². The van der Waals surface area contributed by atoms with Gasteiger partial charge in [-0.25, -0.2) is 13.4 Å². The van der Waals surface area contributed by atoms with Crippen molar-refractivity contribution in [3.8, 4) is 11.3 Å². The summed E-state index contributed by atoms with van der Waals surface area (Å²) in [5.41, 5.74) is 1.73. The molecule has 0 saturated heterocycles. The third-order valence-corrected chi connectivity index (χ3v) is 7.44. The molecule has 0 aliphatic heterocycles. The smallest absolute Gasteiger partial charge is 0.254 e. The SMILES string of the molecule is CN(CCNc1cc(-c2ccccc2)nc2ncnn12)S(=O)(=O)c1cccs1. The summed E-state index contributed by atoms with van der Waals surface area (Å²) >= 11 is 1.21. The average Bonchev–Trinajstić information content (AvgIpc) is 3.40. The lowest BCUT2D eigenvalue weighted by Gasteiger charge is -2.17. The molecule has 4 aromatic rings. The molecule has 0 atom stereocenters. The standard InChI is InChI=1S/C18H18N6O2S2/c1-23(28(25,26)17-8-5-11-27-17)10-9-19-16-12-15(14-6-3-2-4-7-14)22-18-20-13-21-24(16)18/h2-8,11-13,19H,9-10H2,1H3. The van der Waals surface area contributed by atoms with Crippen molar-refractivity contribution in [2.75, 3.05) is 25.5 Å². The zero-order valence-corrected chi connectivity index (χ0v) is 16.7. The molecule has 0 aliphatic carbocycles. The molecule has 0 fully saturated rings. The quantitative estimate of drug-likeness (QED) is 0.500. The molecule has 0 saturated carbocycles. The zero-order valence-electron chi connectivity index (χ0n) is 15.1. The number of rotatable bonds is 7. The van der Waals surface area contributed by atoms with Crippen molar-refractivity contribution in [3.63, 3.8) is 0 Å². The Morgan fingerprint density at radius 2 is 2.00 bits per heavy atom. The minimum atomic E-state index is -3.47. The molecule has 144 valence electrons. The van der Waals surface area contributed by atoms with Crippen molar-refractivity contribution in [3.05, 3.63) is 60.2 Å². The third kappa shape index (κ3) is 3.61. The van der Waals surface area contributed by atoms with Gasteiger partial charge in [-0.2, -0.15) is 18.9 Å². The number of sulfonamides is 1. The Hall–Kier alpha value is -2.82. The maximum absolute atomic E-state index is 12.5. The molecule has 1 aromatic carbocycles. The van der Waals surface area contributed by atoms with Crippen LogP contribution < -0.4 is 5.32 Å². The maximum atomic E-state index is 12.5. The predicted octanol–water partition coefficient (Wildman–Crippen LogP) is 2.59. The van der Waals surface area contributed by atoms with Crippen molar-refractivity contribution in [1.82, 2.24) is 23.9 Å². The number of aromatic nitrogens is 4. The topological polar surface area (TPSA) is 92.5 Å². The minimum absolute atomic E-state index is 0.305. The molecule has 3 heterocycles. The van der Waals surface area contributed by atoms with E-state index in [9.17, 15) is 8.42 Å². The number of nitrogens with zero attached hydrogens (tertiary/aromatic N) is 5. The van der Waals surface area contributed by atoms with Crippen LogP contribution in [0.5, 0.6) is 0 Å². The first-order valence-corrected chi connectivity index (χ1v) is 10.9. The van der Waals surface area contributed by atoms with Crippen LogP contribution in [-0.4, -0.2) is 52.4 Å². The molecular formula is C18H18N6O2S2. The van der Waals surface area contributed by atoms with E-state index < -0.39 is 10.0 Å². The predicted molar refractivity (Wildman–Crippen MR) is 109 cm³/mol. The van der Waals surface area contributed by atoms with Crippen LogP contribution in [0.3, 0.4) is 0 Å². The Morgan fingerprint density at radius 3 is 2.75 bits per heavy atom. The average molecular weight is 415 g/mol. The van der Waals surface area contributed by atoms with E-state index in [1.54, 1.807) is 29.1 Å². The van der Waals surface area contributed by atoms with Crippen LogP contribution in [-0.2, 0) is 10.0 Å². The number of benzene rings is 1. The number of hydrogen-bond acceptors (Lipinski definition) is 7. The monoisotopic (exact) mass is 414 g/mol. The van der Waals surface area contributed by atoms with Crippen molar-refractivity contribution in [2.24, 2.45) is 0 Å². The molecule has 0 aliphatic rings. The van der Waals surface area contributed by atoms with E-state index in [1.165, 1.54) is 22.0 Å². The molecule has 8 nitrogen and oxygen atoms in total. The van der Waals surface area contributed by atoms with E-state index in [-0.39, 0.29) is 0 Å². The second-order valence-electron chi connectivity index (χ2n) is 6.05. The van der Waals surface area contributed by atoms with Crippen molar-refractivity contribution in [2.45, 2.75) is 4.21 Å². The Labute approximate surface area is 166 Å². The normalized spacial score (nSPS) is 11.9. The van der Waals surface area contributed by atoms with E-state index in [1.807, 2.05) is 36.4 Å². The maximum Gasteiger partial charge on any atom is 0.254 e. The summed E-state index contributed by atoms with van der Waals surface area (Å²) in [6, 6.07) is 15.0. The van der Waals surface area contributed by atoms with Crippen LogP contribution in [0, 0.1) is 0 Å². The van der Waals surface area contributed by atoms with Crippen LogP contribution in [0.1, 0.15) is 0 Å². The van der Waals surface area contributed by atoms with E-state index in [2.05, 4.69) is 20.4 Å². The van der Waals surface area contributed by atoms with Gasteiger partial charge in [-0.3, -0.25) is 0 Å². The molecular weight excluding hydrogens is 396 g/mol. The molecule has 0 bridgehead atoms. The van der Waals surface area contributed by atoms with Gasteiger partial charge in [0.2, 0.25) is 0 Å². The lowest BCUT2D eigenvalue weighted by atomic mass is 10.1. The van der Waals surface area contributed by atoms with Crippen LogP contribution in [0.25, 0.3) is 17.0 Å². The fourth-order valence-electron chi connectivity index (χ4n) is 2.72. The second-order valence-corrected chi connectivity index (χ2v) is 9.27. The lowest BCUT2D eigenvalue weighted by molar-refractivity contribution is 0.482. The Kier molecular flexibility index (Phi) is 5.07. The van der Waals surface area contributed by atoms with Gasteiger partial charge >= 0.3 is 0 Å². The summed E-state index contributed by atoms with van der Waals surface area (Å²) in [5, 5.41) is 9.19. The highest BCUT2D eigenvalue weighted by atomic mass is 32.2. The number of thiophene rings is 1. The first-order chi connectivity index (χ1) is 13.6. The molecule has 10 heteroatoms. The Balaban J connectivity index is 1.53. The molecule has 0 unspecified atom stereocenters. The number of hydrogen-bond donors (Lipinski definition) is 1. The molecule has 0 amide bonds. The molecule has 0 spiro atoms. The summed E-state index contributed by atoms with van der Waals surface area (Å²) in [5.74, 6) is 1.17. The van der Waals surface area contributed by atoms with Crippen molar-refractivity contribution >= 4 is 33.0 Å². The van der Waals surface area contributed by atoms with Gasteiger partial charge in [-0.1, -0.05) is 36.4 Å². The first kappa shape index (κ1) is 18.5. The molecule has 3 aromatic heterocycles. The van der Waals surface area contributed by atoms with E-state index in [0.29, 0.717) is 28.9 Å². The van der Waals surface area contributed by atoms with E-state index in [0.717, 1.165) is 11.3 Å². The highest BCUT2D eigenvalue weighted by molar-refractivity contribution is 7.91. The number of likely N-dealkylation sites (N-methyl/N-ethyl adjacent to an activating group) is 1. The second kappa shape index (κ2) is 7.66. The van der Waals surface area contributed by atoms with Crippen molar-refractivity contribution < 1.29 is 8.42 Å². The number of nitrogens with one attached hydrogen (secondary N) is 1. The summed E-state index contributed by atoms with van der Waals surface area (Å²) < 4.78 is 28.3. The van der Waals surface area contributed by atoms with Gasteiger partial charge in [0.15, 0.2) is 0 Å². The summed E-state index contributed by atoms with van der Waals surface area (Å²) in [4.78, 5) is 8.70. The Bertz CT molecular complexity index is 1170. The summed E-state index contributed by atoms with van der Waals surface area (Å²) in [7, 11) is -1.90. The van der Waals surface area contributed by atoms with Crippen molar-refractivity contribution in [1.29, 1.82) is 0 Å². The highest BCUT2D eigenvalue weighted by Gasteiger charge is 2.21. The highest BCUT2D eigenvalue weighted by Crippen LogP contribution is 2.22.